The number of ether oxygens (including phenoxy) is 1. The summed E-state index contributed by atoms with van der Waals surface area (Å²) in [7, 11) is 1.55. The Balaban J connectivity index is 2.22. The Kier molecular flexibility index (Phi) is 3.08. The zero-order chi connectivity index (χ0) is 11.5. The minimum absolute atomic E-state index is 0.250. The Morgan fingerprint density at radius 3 is 2.62 bits per heavy atom. The molecule has 1 aliphatic rings. The van der Waals surface area contributed by atoms with Crippen molar-refractivity contribution < 1.29 is 13.9 Å². The predicted octanol–water partition coefficient (Wildman–Crippen LogP) is 2.00. The monoisotopic (exact) mass is 223 g/mol. The van der Waals surface area contributed by atoms with Gasteiger partial charge in [-0.1, -0.05) is 0 Å². The lowest BCUT2D eigenvalue weighted by atomic mass is 10.1. The minimum atomic E-state index is -0.268. The lowest BCUT2D eigenvalue weighted by molar-refractivity contribution is -0.119. The van der Waals surface area contributed by atoms with Crippen LogP contribution < -0.4 is 9.64 Å². The summed E-state index contributed by atoms with van der Waals surface area (Å²) in [6.07, 6.45) is 0.993. The number of carbonyl (C=O) groups is 1. The zero-order valence-electron chi connectivity index (χ0n) is 9.20. The van der Waals surface area contributed by atoms with E-state index in [4.69, 9.17) is 4.74 Å². The van der Waals surface area contributed by atoms with Crippen LogP contribution in [0.1, 0.15) is 12.8 Å². The molecule has 2 rings (SSSR count). The van der Waals surface area contributed by atoms with Crippen LogP contribution in [0, 0.1) is 5.82 Å². The van der Waals surface area contributed by atoms with Crippen molar-refractivity contribution >= 4 is 11.5 Å². The van der Waals surface area contributed by atoms with E-state index in [1.54, 1.807) is 19.2 Å². The van der Waals surface area contributed by atoms with E-state index in [0.717, 1.165) is 0 Å². The van der Waals surface area contributed by atoms with Gasteiger partial charge in [0.15, 0.2) is 0 Å². The number of nitrogens with zero attached hydrogens (tertiary/aromatic N) is 1. The highest BCUT2D eigenvalue weighted by molar-refractivity contribution is 5.81. The summed E-state index contributed by atoms with van der Waals surface area (Å²) >= 11 is 0. The lowest BCUT2D eigenvalue weighted by Crippen LogP contribution is -2.34. The molecule has 0 bridgehead atoms. The van der Waals surface area contributed by atoms with Crippen molar-refractivity contribution in [2.24, 2.45) is 0 Å². The van der Waals surface area contributed by atoms with Crippen molar-refractivity contribution in [1.82, 2.24) is 0 Å². The van der Waals surface area contributed by atoms with Gasteiger partial charge in [0.1, 0.15) is 17.3 Å². The second-order valence-electron chi connectivity index (χ2n) is 3.84. The van der Waals surface area contributed by atoms with Crippen LogP contribution in [0.3, 0.4) is 0 Å². The summed E-state index contributed by atoms with van der Waals surface area (Å²) in [5, 5.41) is 0. The number of rotatable bonds is 2. The molecule has 0 atom stereocenters. The maximum atomic E-state index is 13.6. The molecule has 0 radical (unpaired) electrons. The highest BCUT2D eigenvalue weighted by Crippen LogP contribution is 2.26. The molecule has 16 heavy (non-hydrogen) atoms. The third kappa shape index (κ3) is 2.15. The summed E-state index contributed by atoms with van der Waals surface area (Å²) in [5.41, 5.74) is 0.520. The lowest BCUT2D eigenvalue weighted by Gasteiger charge is -2.28. The average molecular weight is 223 g/mol. The smallest absolute Gasteiger partial charge is 0.146 e. The third-order valence-corrected chi connectivity index (χ3v) is 2.82. The van der Waals surface area contributed by atoms with Crippen molar-refractivity contribution in [3.8, 4) is 5.75 Å². The Labute approximate surface area is 93.8 Å². The second-order valence-corrected chi connectivity index (χ2v) is 3.84. The summed E-state index contributed by atoms with van der Waals surface area (Å²) in [6, 6.07) is 4.66. The van der Waals surface area contributed by atoms with E-state index in [-0.39, 0.29) is 11.6 Å². The van der Waals surface area contributed by atoms with Crippen LogP contribution in [-0.2, 0) is 4.79 Å². The van der Waals surface area contributed by atoms with Gasteiger partial charge in [-0.15, -0.1) is 0 Å². The number of anilines is 1. The Hall–Kier alpha value is -1.58. The first kappa shape index (κ1) is 10.9. The Morgan fingerprint density at radius 2 is 2.00 bits per heavy atom. The number of hydrogen-bond donors (Lipinski definition) is 0. The molecule has 0 unspecified atom stereocenters. The summed E-state index contributed by atoms with van der Waals surface area (Å²) in [5.74, 6) is 0.614. The summed E-state index contributed by atoms with van der Waals surface area (Å²) < 4.78 is 18.7. The van der Waals surface area contributed by atoms with Gasteiger partial charge in [0.05, 0.1) is 12.8 Å². The Morgan fingerprint density at radius 1 is 1.31 bits per heavy atom. The van der Waals surface area contributed by atoms with Crippen LogP contribution in [0.15, 0.2) is 18.2 Å². The quantitative estimate of drug-likeness (QED) is 0.768. The molecular weight excluding hydrogens is 209 g/mol. The molecule has 0 saturated carbocycles. The maximum Gasteiger partial charge on any atom is 0.146 e. The average Bonchev–Trinajstić information content (AvgIpc) is 2.31. The molecule has 0 aromatic heterocycles. The molecule has 0 amide bonds. The summed E-state index contributed by atoms with van der Waals surface area (Å²) in [4.78, 5) is 13.0. The molecule has 0 aliphatic carbocycles. The van der Waals surface area contributed by atoms with Crippen LogP contribution in [0.4, 0.5) is 10.1 Å². The molecule has 0 N–H and O–H groups in total. The van der Waals surface area contributed by atoms with E-state index < -0.39 is 0 Å². The fraction of sp³-hybridized carbons (Fsp3) is 0.417. The van der Waals surface area contributed by atoms with E-state index in [2.05, 4.69) is 0 Å². The molecule has 1 aromatic rings. The van der Waals surface area contributed by atoms with Gasteiger partial charge in [0.25, 0.3) is 0 Å². The minimum Gasteiger partial charge on any atom is -0.497 e. The second kappa shape index (κ2) is 4.51. The number of carbonyl (C=O) groups excluding carboxylic acids is 1. The maximum absolute atomic E-state index is 13.6. The SMILES string of the molecule is COc1ccc(F)c(N2CCC(=O)CC2)c1. The van der Waals surface area contributed by atoms with Crippen LogP contribution in [0.25, 0.3) is 0 Å². The molecule has 86 valence electrons. The van der Waals surface area contributed by atoms with Gasteiger partial charge in [-0.05, 0) is 12.1 Å². The van der Waals surface area contributed by atoms with Crippen LogP contribution >= 0.6 is 0 Å². The van der Waals surface area contributed by atoms with E-state index in [0.29, 0.717) is 37.4 Å². The van der Waals surface area contributed by atoms with E-state index in [1.165, 1.54) is 6.07 Å². The van der Waals surface area contributed by atoms with Gasteiger partial charge in [0, 0.05) is 32.0 Å². The fourth-order valence-corrected chi connectivity index (χ4v) is 1.86. The van der Waals surface area contributed by atoms with Crippen LogP contribution in [0.2, 0.25) is 0 Å². The van der Waals surface area contributed by atoms with Crippen molar-refractivity contribution in [1.29, 1.82) is 0 Å². The number of methoxy groups -OCH3 is 1. The van der Waals surface area contributed by atoms with E-state index >= 15 is 0 Å². The fourth-order valence-electron chi connectivity index (χ4n) is 1.86. The molecule has 1 aliphatic heterocycles. The molecule has 1 fully saturated rings. The van der Waals surface area contributed by atoms with Gasteiger partial charge in [-0.25, -0.2) is 4.39 Å². The number of Topliss-reactive ketones (excluding diaryl/α,β-unsaturated/α-hetero) is 1. The van der Waals surface area contributed by atoms with E-state index in [1.807, 2.05) is 4.90 Å². The molecule has 4 heteroatoms. The van der Waals surface area contributed by atoms with Gasteiger partial charge < -0.3 is 9.64 Å². The van der Waals surface area contributed by atoms with Gasteiger partial charge in [0.2, 0.25) is 0 Å². The number of halogens is 1. The molecule has 0 spiro atoms. The topological polar surface area (TPSA) is 29.5 Å². The van der Waals surface area contributed by atoms with Gasteiger partial charge in [-0.3, -0.25) is 4.79 Å². The largest absolute Gasteiger partial charge is 0.497 e. The van der Waals surface area contributed by atoms with Crippen LogP contribution in [-0.4, -0.2) is 26.0 Å². The normalized spacial score (nSPS) is 16.4. The molecule has 3 nitrogen and oxygen atoms in total. The number of piperidine rings is 1. The van der Waals surface area contributed by atoms with Crippen LogP contribution in [0.5, 0.6) is 5.75 Å². The van der Waals surface area contributed by atoms with Gasteiger partial charge >= 0.3 is 0 Å². The van der Waals surface area contributed by atoms with Crippen molar-refractivity contribution in [3.63, 3.8) is 0 Å². The third-order valence-electron chi connectivity index (χ3n) is 2.82. The van der Waals surface area contributed by atoms with Crippen molar-refractivity contribution in [2.45, 2.75) is 12.8 Å². The van der Waals surface area contributed by atoms with Gasteiger partial charge in [-0.2, -0.15) is 0 Å². The first-order valence-corrected chi connectivity index (χ1v) is 5.31. The number of hydrogen-bond acceptors (Lipinski definition) is 3. The van der Waals surface area contributed by atoms with Crippen molar-refractivity contribution in [3.05, 3.63) is 24.0 Å². The first-order chi connectivity index (χ1) is 7.70. The highest BCUT2D eigenvalue weighted by atomic mass is 19.1. The predicted molar refractivity (Wildman–Crippen MR) is 59.4 cm³/mol. The summed E-state index contributed by atoms with van der Waals surface area (Å²) in [6.45, 7) is 1.17. The molecule has 1 saturated heterocycles. The number of benzene rings is 1. The van der Waals surface area contributed by atoms with Crippen molar-refractivity contribution in [2.75, 3.05) is 25.1 Å². The number of ketones is 1. The Bertz CT molecular complexity index is 396. The van der Waals surface area contributed by atoms with E-state index in [9.17, 15) is 9.18 Å². The first-order valence-electron chi connectivity index (χ1n) is 5.31. The molecule has 1 aromatic carbocycles. The highest BCUT2D eigenvalue weighted by Gasteiger charge is 2.19. The standard InChI is InChI=1S/C12H14FNO2/c1-16-10-2-3-11(13)12(8-10)14-6-4-9(15)5-7-14/h2-3,8H,4-7H2,1H3. The molecule has 1 heterocycles. The molecular formula is C12H14FNO2. The zero-order valence-corrected chi connectivity index (χ0v) is 9.20.